The number of carbonyl (C=O) groups excluding carboxylic acids is 1. The number of piperazine rings is 1. The predicted octanol–water partition coefficient (Wildman–Crippen LogP) is 4.17. The van der Waals surface area contributed by atoms with Crippen LogP contribution in [0.5, 0.6) is 0 Å². The minimum atomic E-state index is -0.284. The van der Waals surface area contributed by atoms with Crippen LogP contribution in [0.4, 0.5) is 0 Å². The van der Waals surface area contributed by atoms with E-state index in [1.807, 2.05) is 24.3 Å². The van der Waals surface area contributed by atoms with Crippen LogP contribution in [0.2, 0.25) is 0 Å². The average molecular weight is 478 g/mol. The molecular formula is C22H27IN2O2. The van der Waals surface area contributed by atoms with Gasteiger partial charge in [-0.15, -0.1) is 0 Å². The summed E-state index contributed by atoms with van der Waals surface area (Å²) in [5.74, 6) is -0.284. The van der Waals surface area contributed by atoms with Gasteiger partial charge in [-0.2, -0.15) is 0 Å². The molecule has 0 aromatic heterocycles. The summed E-state index contributed by atoms with van der Waals surface area (Å²) in [7, 11) is 1.41. The van der Waals surface area contributed by atoms with Crippen molar-refractivity contribution < 1.29 is 9.53 Å². The normalized spacial score (nSPS) is 21.2. The average Bonchev–Trinajstić information content (AvgIpc) is 2.66. The number of halogens is 1. The molecule has 144 valence electrons. The number of rotatable bonds is 5. The van der Waals surface area contributed by atoms with Gasteiger partial charge in [-0.25, -0.2) is 4.79 Å². The monoisotopic (exact) mass is 478 g/mol. The predicted molar refractivity (Wildman–Crippen MR) is 117 cm³/mol. The number of hydrogen-bond acceptors (Lipinski definition) is 4. The lowest BCUT2D eigenvalue weighted by molar-refractivity contribution is 0.0289. The van der Waals surface area contributed by atoms with Crippen LogP contribution < -0.4 is 0 Å². The molecule has 3 rings (SSSR count). The second kappa shape index (κ2) is 9.17. The van der Waals surface area contributed by atoms with Crippen molar-refractivity contribution in [3.8, 4) is 0 Å². The third-order valence-electron chi connectivity index (χ3n) is 5.27. The fourth-order valence-electron chi connectivity index (χ4n) is 3.85. The van der Waals surface area contributed by atoms with Gasteiger partial charge in [0.1, 0.15) is 0 Å². The molecule has 2 aromatic carbocycles. The van der Waals surface area contributed by atoms with Crippen molar-refractivity contribution in [1.29, 1.82) is 0 Å². The van der Waals surface area contributed by atoms with Gasteiger partial charge < -0.3 is 4.74 Å². The van der Waals surface area contributed by atoms with Crippen LogP contribution in [0.25, 0.3) is 0 Å². The molecule has 0 amide bonds. The van der Waals surface area contributed by atoms with Crippen LogP contribution in [0.3, 0.4) is 0 Å². The smallest absolute Gasteiger partial charge is 0.337 e. The van der Waals surface area contributed by atoms with Gasteiger partial charge in [-0.05, 0) is 65.8 Å². The Morgan fingerprint density at radius 1 is 1.04 bits per heavy atom. The van der Waals surface area contributed by atoms with E-state index >= 15 is 0 Å². The SMILES string of the molecule is COC(=O)c1ccc(CN2C[C@@H](C)N(Cc3ccccc3I)[C@@H](C)C2)cc1. The molecule has 27 heavy (non-hydrogen) atoms. The molecule has 0 N–H and O–H groups in total. The zero-order chi connectivity index (χ0) is 19.4. The van der Waals surface area contributed by atoms with E-state index < -0.39 is 0 Å². The fraction of sp³-hybridized carbons (Fsp3) is 0.409. The number of nitrogens with zero attached hydrogens (tertiary/aromatic N) is 2. The third-order valence-corrected chi connectivity index (χ3v) is 6.32. The molecule has 0 radical (unpaired) electrons. The Bertz CT molecular complexity index is 766. The van der Waals surface area contributed by atoms with E-state index in [9.17, 15) is 4.79 Å². The topological polar surface area (TPSA) is 32.8 Å². The van der Waals surface area contributed by atoms with E-state index in [4.69, 9.17) is 4.74 Å². The molecule has 5 heteroatoms. The van der Waals surface area contributed by atoms with Crippen LogP contribution in [-0.2, 0) is 17.8 Å². The van der Waals surface area contributed by atoms with Crippen LogP contribution in [0, 0.1) is 3.57 Å². The largest absolute Gasteiger partial charge is 0.465 e. The van der Waals surface area contributed by atoms with E-state index in [1.165, 1.54) is 21.8 Å². The summed E-state index contributed by atoms with van der Waals surface area (Å²) in [5, 5.41) is 0. The maximum absolute atomic E-state index is 11.6. The van der Waals surface area contributed by atoms with Gasteiger partial charge in [0, 0.05) is 41.8 Å². The Morgan fingerprint density at radius 2 is 1.67 bits per heavy atom. The van der Waals surface area contributed by atoms with Crippen molar-refractivity contribution in [2.45, 2.75) is 39.0 Å². The quantitative estimate of drug-likeness (QED) is 0.477. The van der Waals surface area contributed by atoms with Crippen molar-refractivity contribution in [1.82, 2.24) is 9.80 Å². The second-order valence-electron chi connectivity index (χ2n) is 7.34. The molecule has 0 aliphatic carbocycles. The molecule has 0 unspecified atom stereocenters. The summed E-state index contributed by atoms with van der Waals surface area (Å²) >= 11 is 2.43. The highest BCUT2D eigenvalue weighted by Crippen LogP contribution is 2.22. The zero-order valence-electron chi connectivity index (χ0n) is 16.2. The van der Waals surface area contributed by atoms with Gasteiger partial charge in [-0.3, -0.25) is 9.80 Å². The van der Waals surface area contributed by atoms with E-state index in [0.29, 0.717) is 17.6 Å². The van der Waals surface area contributed by atoms with Crippen LogP contribution >= 0.6 is 22.6 Å². The first-order valence-corrected chi connectivity index (χ1v) is 10.4. The number of esters is 1. The van der Waals surface area contributed by atoms with E-state index in [1.54, 1.807) is 0 Å². The zero-order valence-corrected chi connectivity index (χ0v) is 18.3. The summed E-state index contributed by atoms with van der Waals surface area (Å²) in [5.41, 5.74) is 3.24. The van der Waals surface area contributed by atoms with Gasteiger partial charge in [0.15, 0.2) is 0 Å². The van der Waals surface area contributed by atoms with Gasteiger partial charge >= 0.3 is 5.97 Å². The molecule has 0 spiro atoms. The number of hydrogen-bond donors (Lipinski definition) is 0. The first-order chi connectivity index (χ1) is 13.0. The molecule has 1 aliphatic rings. The van der Waals surface area contributed by atoms with Crippen LogP contribution in [-0.4, -0.2) is 48.1 Å². The second-order valence-corrected chi connectivity index (χ2v) is 8.51. The van der Waals surface area contributed by atoms with E-state index in [-0.39, 0.29) is 5.97 Å². The Kier molecular flexibility index (Phi) is 6.89. The molecule has 0 saturated carbocycles. The summed E-state index contributed by atoms with van der Waals surface area (Å²) in [6, 6.07) is 17.4. The number of ether oxygens (including phenoxy) is 1. The van der Waals surface area contributed by atoms with Gasteiger partial charge in [-0.1, -0.05) is 30.3 Å². The molecule has 1 aliphatic heterocycles. The maximum Gasteiger partial charge on any atom is 0.337 e. The molecule has 1 heterocycles. The summed E-state index contributed by atoms with van der Waals surface area (Å²) in [4.78, 5) is 16.7. The van der Waals surface area contributed by atoms with Crippen LogP contribution in [0.15, 0.2) is 48.5 Å². The Balaban J connectivity index is 1.61. The highest BCUT2D eigenvalue weighted by atomic mass is 127. The Morgan fingerprint density at radius 3 is 2.26 bits per heavy atom. The summed E-state index contributed by atoms with van der Waals surface area (Å²) < 4.78 is 6.10. The number of methoxy groups -OCH3 is 1. The van der Waals surface area contributed by atoms with Crippen molar-refractivity contribution in [2.75, 3.05) is 20.2 Å². The van der Waals surface area contributed by atoms with E-state index in [0.717, 1.165) is 26.2 Å². The van der Waals surface area contributed by atoms with Gasteiger partial charge in [0.2, 0.25) is 0 Å². The first kappa shape index (κ1) is 20.3. The molecule has 1 saturated heterocycles. The minimum Gasteiger partial charge on any atom is -0.465 e. The molecule has 2 atom stereocenters. The highest BCUT2D eigenvalue weighted by molar-refractivity contribution is 14.1. The molecular weight excluding hydrogens is 451 g/mol. The van der Waals surface area contributed by atoms with Crippen molar-refractivity contribution >= 4 is 28.6 Å². The van der Waals surface area contributed by atoms with Crippen molar-refractivity contribution in [3.05, 3.63) is 68.8 Å². The standard InChI is InChI=1S/C22H27IN2O2/c1-16-12-24(14-18-8-10-19(11-9-18)22(26)27-3)13-17(2)25(16)15-20-6-4-5-7-21(20)23/h4-11,16-17H,12-15H2,1-3H3/t16-,17+. The molecule has 2 aromatic rings. The van der Waals surface area contributed by atoms with Crippen molar-refractivity contribution in [3.63, 3.8) is 0 Å². The lowest BCUT2D eigenvalue weighted by atomic mass is 10.0. The summed E-state index contributed by atoms with van der Waals surface area (Å²) in [6.07, 6.45) is 0. The lowest BCUT2D eigenvalue weighted by Crippen LogP contribution is -2.55. The Hall–Kier alpha value is -1.44. The number of benzene rings is 2. The highest BCUT2D eigenvalue weighted by Gasteiger charge is 2.29. The minimum absolute atomic E-state index is 0.284. The molecule has 4 nitrogen and oxygen atoms in total. The van der Waals surface area contributed by atoms with E-state index in [2.05, 4.69) is 70.5 Å². The van der Waals surface area contributed by atoms with Crippen molar-refractivity contribution in [2.24, 2.45) is 0 Å². The lowest BCUT2D eigenvalue weighted by Gasteiger charge is -2.44. The maximum atomic E-state index is 11.6. The molecule has 1 fully saturated rings. The molecule has 0 bridgehead atoms. The Labute approximate surface area is 175 Å². The number of carbonyl (C=O) groups is 1. The third kappa shape index (κ3) is 5.09. The first-order valence-electron chi connectivity index (χ1n) is 9.36. The summed E-state index contributed by atoms with van der Waals surface area (Å²) in [6.45, 7) is 8.65. The van der Waals surface area contributed by atoms with Gasteiger partial charge in [0.25, 0.3) is 0 Å². The fourth-order valence-corrected chi connectivity index (χ4v) is 4.41. The van der Waals surface area contributed by atoms with Gasteiger partial charge in [0.05, 0.1) is 12.7 Å². The van der Waals surface area contributed by atoms with Crippen LogP contribution in [0.1, 0.15) is 35.3 Å².